The number of benzene rings is 3. The number of anilines is 1. The van der Waals surface area contributed by atoms with Crippen molar-refractivity contribution < 1.29 is 9.18 Å². The fraction of sp³-hybridized carbons (Fsp3) is 0.208. The van der Waals surface area contributed by atoms with Gasteiger partial charge in [-0.25, -0.2) is 4.39 Å². The summed E-state index contributed by atoms with van der Waals surface area (Å²) in [5.74, 6) is -0.291. The van der Waals surface area contributed by atoms with Crippen LogP contribution in [0.3, 0.4) is 0 Å². The van der Waals surface area contributed by atoms with Gasteiger partial charge in [0.15, 0.2) is 0 Å². The Kier molecular flexibility index (Phi) is 5.49. The van der Waals surface area contributed by atoms with Gasteiger partial charge in [-0.05, 0) is 42.2 Å². The monoisotopic (exact) mass is 374 g/mol. The minimum Gasteiger partial charge on any atom is -0.324 e. The predicted octanol–water partition coefficient (Wildman–Crippen LogP) is 5.10. The average molecular weight is 374 g/mol. The molecule has 0 heterocycles. The van der Waals surface area contributed by atoms with Crippen molar-refractivity contribution in [2.45, 2.75) is 25.4 Å². The summed E-state index contributed by atoms with van der Waals surface area (Å²) in [5.41, 5.74) is 3.77. The van der Waals surface area contributed by atoms with Crippen molar-refractivity contribution in [2.75, 3.05) is 11.9 Å². The van der Waals surface area contributed by atoms with E-state index in [0.29, 0.717) is 19.1 Å². The Labute approximate surface area is 164 Å². The average Bonchev–Trinajstić information content (AvgIpc) is 3.54. The number of amides is 1. The van der Waals surface area contributed by atoms with Gasteiger partial charge in [0.05, 0.1) is 6.54 Å². The SMILES string of the molecule is O=C(CN(Cc1cccc(F)c1)C1CC1)Nc1ccccc1-c1ccccc1. The van der Waals surface area contributed by atoms with E-state index in [-0.39, 0.29) is 11.7 Å². The quantitative estimate of drug-likeness (QED) is 0.624. The summed E-state index contributed by atoms with van der Waals surface area (Å²) < 4.78 is 13.5. The van der Waals surface area contributed by atoms with E-state index < -0.39 is 0 Å². The van der Waals surface area contributed by atoms with Crippen LogP contribution in [0.1, 0.15) is 18.4 Å². The molecule has 3 aromatic rings. The van der Waals surface area contributed by atoms with E-state index in [1.54, 1.807) is 6.07 Å². The highest BCUT2D eigenvalue weighted by molar-refractivity contribution is 5.96. The molecule has 4 heteroatoms. The van der Waals surface area contributed by atoms with Crippen LogP contribution in [0, 0.1) is 5.82 Å². The summed E-state index contributed by atoms with van der Waals surface area (Å²) in [6.07, 6.45) is 2.17. The fourth-order valence-corrected chi connectivity index (χ4v) is 3.46. The number of para-hydroxylation sites is 1. The van der Waals surface area contributed by atoms with Crippen molar-refractivity contribution in [3.63, 3.8) is 0 Å². The fourth-order valence-electron chi connectivity index (χ4n) is 3.46. The maximum absolute atomic E-state index is 13.5. The third kappa shape index (κ3) is 4.65. The van der Waals surface area contributed by atoms with E-state index in [4.69, 9.17) is 0 Å². The van der Waals surface area contributed by atoms with E-state index in [2.05, 4.69) is 10.2 Å². The van der Waals surface area contributed by atoms with Gasteiger partial charge in [0, 0.05) is 23.8 Å². The molecule has 1 fully saturated rings. The zero-order valence-electron chi connectivity index (χ0n) is 15.6. The van der Waals surface area contributed by atoms with E-state index in [9.17, 15) is 9.18 Å². The summed E-state index contributed by atoms with van der Waals surface area (Å²) in [6.45, 7) is 0.875. The van der Waals surface area contributed by atoms with Crippen LogP contribution in [0.25, 0.3) is 11.1 Å². The Balaban J connectivity index is 1.46. The Morgan fingerprint density at radius 3 is 2.46 bits per heavy atom. The maximum Gasteiger partial charge on any atom is 0.238 e. The first-order valence-electron chi connectivity index (χ1n) is 9.62. The number of rotatable bonds is 7. The molecule has 0 radical (unpaired) electrons. The van der Waals surface area contributed by atoms with Crippen molar-refractivity contribution in [3.8, 4) is 11.1 Å². The molecule has 4 rings (SSSR count). The molecule has 0 bridgehead atoms. The molecule has 1 aliphatic carbocycles. The van der Waals surface area contributed by atoms with Gasteiger partial charge in [-0.2, -0.15) is 0 Å². The molecule has 28 heavy (non-hydrogen) atoms. The van der Waals surface area contributed by atoms with Crippen molar-refractivity contribution in [1.82, 2.24) is 4.90 Å². The van der Waals surface area contributed by atoms with Crippen LogP contribution in [-0.2, 0) is 11.3 Å². The number of nitrogens with one attached hydrogen (secondary N) is 1. The van der Waals surface area contributed by atoms with Gasteiger partial charge in [0.25, 0.3) is 0 Å². The lowest BCUT2D eigenvalue weighted by Crippen LogP contribution is -2.34. The molecular formula is C24H23FN2O. The van der Waals surface area contributed by atoms with Gasteiger partial charge in [-0.3, -0.25) is 9.69 Å². The Hall–Kier alpha value is -2.98. The van der Waals surface area contributed by atoms with Crippen LogP contribution in [0.5, 0.6) is 0 Å². The largest absolute Gasteiger partial charge is 0.324 e. The molecule has 1 aliphatic rings. The number of carbonyl (C=O) groups excluding carboxylic acids is 1. The summed E-state index contributed by atoms with van der Waals surface area (Å²) in [7, 11) is 0. The summed E-state index contributed by atoms with van der Waals surface area (Å²) in [6, 6.07) is 24.9. The molecule has 142 valence electrons. The maximum atomic E-state index is 13.5. The first-order chi connectivity index (χ1) is 13.7. The first kappa shape index (κ1) is 18.4. The third-order valence-corrected chi connectivity index (χ3v) is 4.97. The topological polar surface area (TPSA) is 32.3 Å². The smallest absolute Gasteiger partial charge is 0.238 e. The zero-order valence-corrected chi connectivity index (χ0v) is 15.6. The van der Waals surface area contributed by atoms with Gasteiger partial charge < -0.3 is 5.32 Å². The Morgan fingerprint density at radius 2 is 1.71 bits per heavy atom. The van der Waals surface area contributed by atoms with Crippen LogP contribution in [0.2, 0.25) is 0 Å². The van der Waals surface area contributed by atoms with E-state index >= 15 is 0 Å². The molecular weight excluding hydrogens is 351 g/mol. The van der Waals surface area contributed by atoms with Gasteiger partial charge in [0.1, 0.15) is 5.82 Å². The molecule has 1 saturated carbocycles. The lowest BCUT2D eigenvalue weighted by Gasteiger charge is -2.22. The molecule has 3 aromatic carbocycles. The Morgan fingerprint density at radius 1 is 0.964 bits per heavy atom. The van der Waals surface area contributed by atoms with Crippen molar-refractivity contribution in [3.05, 3.63) is 90.2 Å². The van der Waals surface area contributed by atoms with Crippen LogP contribution in [-0.4, -0.2) is 23.4 Å². The second kappa shape index (κ2) is 8.36. The predicted molar refractivity (Wildman–Crippen MR) is 110 cm³/mol. The highest BCUT2D eigenvalue weighted by atomic mass is 19.1. The van der Waals surface area contributed by atoms with Crippen LogP contribution in [0.15, 0.2) is 78.9 Å². The third-order valence-electron chi connectivity index (χ3n) is 4.97. The highest BCUT2D eigenvalue weighted by Gasteiger charge is 2.30. The minimum atomic E-state index is -0.241. The number of nitrogens with zero attached hydrogens (tertiary/aromatic N) is 1. The molecule has 1 N–H and O–H groups in total. The van der Waals surface area contributed by atoms with E-state index in [1.807, 2.05) is 60.7 Å². The summed E-state index contributed by atoms with van der Waals surface area (Å²) in [5, 5.41) is 3.06. The molecule has 0 atom stereocenters. The van der Waals surface area contributed by atoms with Crippen LogP contribution < -0.4 is 5.32 Å². The standard InChI is InChI=1S/C24H23FN2O/c25-20-10-6-7-18(15-20)16-27(21-13-14-21)17-24(28)26-23-12-5-4-11-22(23)19-8-2-1-3-9-19/h1-12,15,21H,13-14,16-17H2,(H,26,28). The number of halogens is 1. The minimum absolute atomic E-state index is 0.0494. The molecule has 0 spiro atoms. The molecule has 0 aromatic heterocycles. The zero-order chi connectivity index (χ0) is 19.3. The van der Waals surface area contributed by atoms with Crippen molar-refractivity contribution in [2.24, 2.45) is 0 Å². The van der Waals surface area contributed by atoms with Gasteiger partial charge >= 0.3 is 0 Å². The molecule has 0 unspecified atom stereocenters. The van der Waals surface area contributed by atoms with Crippen LogP contribution >= 0.6 is 0 Å². The molecule has 3 nitrogen and oxygen atoms in total. The number of hydrogen-bond donors (Lipinski definition) is 1. The van der Waals surface area contributed by atoms with Crippen molar-refractivity contribution in [1.29, 1.82) is 0 Å². The molecule has 0 saturated heterocycles. The second-order valence-electron chi connectivity index (χ2n) is 7.23. The normalized spacial score (nSPS) is 13.5. The van der Waals surface area contributed by atoms with Crippen LogP contribution in [0.4, 0.5) is 10.1 Å². The van der Waals surface area contributed by atoms with E-state index in [1.165, 1.54) is 12.1 Å². The highest BCUT2D eigenvalue weighted by Crippen LogP contribution is 2.30. The number of carbonyl (C=O) groups is 1. The van der Waals surface area contributed by atoms with E-state index in [0.717, 1.165) is 35.2 Å². The first-order valence-corrected chi connectivity index (χ1v) is 9.62. The summed E-state index contributed by atoms with van der Waals surface area (Å²) in [4.78, 5) is 14.9. The Bertz CT molecular complexity index is 954. The van der Waals surface area contributed by atoms with Gasteiger partial charge in [-0.1, -0.05) is 60.7 Å². The molecule has 1 amide bonds. The summed E-state index contributed by atoms with van der Waals surface area (Å²) >= 11 is 0. The van der Waals surface area contributed by atoms with Gasteiger partial charge in [0.2, 0.25) is 5.91 Å². The van der Waals surface area contributed by atoms with Crippen molar-refractivity contribution >= 4 is 11.6 Å². The lowest BCUT2D eigenvalue weighted by molar-refractivity contribution is -0.117. The lowest BCUT2D eigenvalue weighted by atomic mass is 10.0. The second-order valence-corrected chi connectivity index (χ2v) is 7.23. The number of hydrogen-bond acceptors (Lipinski definition) is 2. The van der Waals surface area contributed by atoms with Gasteiger partial charge in [-0.15, -0.1) is 0 Å². The molecule has 0 aliphatic heterocycles.